The summed E-state index contributed by atoms with van der Waals surface area (Å²) in [6.07, 6.45) is 0. The fourth-order valence-electron chi connectivity index (χ4n) is 2.82. The molecule has 0 radical (unpaired) electrons. The van der Waals surface area contributed by atoms with Crippen molar-refractivity contribution in [2.45, 2.75) is 19.8 Å². The quantitative estimate of drug-likeness (QED) is 0.684. The van der Waals surface area contributed by atoms with Gasteiger partial charge in [0.2, 0.25) is 0 Å². The Morgan fingerprint density at radius 2 is 1.26 bits per heavy atom. The largest absolute Gasteiger partial charge is 0.364 e. The Bertz CT molecular complexity index is 781. The standard InChI is InChI=1S/C21H21OP/c1-16(2)18-12-6-8-14-20(18)23(22)21-15-9-7-13-19(21)17-10-4-3-5-11-17/h3-16,22H,1-2H3. The second-order valence-electron chi connectivity index (χ2n) is 5.91. The molecule has 1 N–H and O–H groups in total. The van der Waals surface area contributed by atoms with Crippen LogP contribution in [0, 0.1) is 0 Å². The summed E-state index contributed by atoms with van der Waals surface area (Å²) in [6, 6.07) is 26.7. The molecule has 116 valence electrons. The van der Waals surface area contributed by atoms with Gasteiger partial charge in [0.1, 0.15) is 0 Å². The minimum Gasteiger partial charge on any atom is -0.364 e. The Kier molecular flexibility index (Phi) is 4.91. The Balaban J connectivity index is 2.10. The summed E-state index contributed by atoms with van der Waals surface area (Å²) in [7, 11) is -1.37. The molecule has 0 aliphatic carbocycles. The van der Waals surface area contributed by atoms with Crippen molar-refractivity contribution in [3.8, 4) is 11.1 Å². The molecule has 0 saturated carbocycles. The molecule has 1 atom stereocenters. The average molecular weight is 320 g/mol. The van der Waals surface area contributed by atoms with Gasteiger partial charge in [-0.05, 0) is 22.6 Å². The van der Waals surface area contributed by atoms with Gasteiger partial charge in [-0.15, -0.1) is 0 Å². The van der Waals surface area contributed by atoms with Crippen LogP contribution in [0.5, 0.6) is 0 Å². The molecule has 0 aliphatic rings. The summed E-state index contributed by atoms with van der Waals surface area (Å²) in [5.41, 5.74) is 3.48. The topological polar surface area (TPSA) is 20.2 Å². The van der Waals surface area contributed by atoms with E-state index in [0.717, 1.165) is 21.7 Å². The van der Waals surface area contributed by atoms with Crippen molar-refractivity contribution in [2.24, 2.45) is 0 Å². The first-order chi connectivity index (χ1) is 11.2. The second kappa shape index (κ2) is 7.08. The van der Waals surface area contributed by atoms with E-state index in [9.17, 15) is 4.89 Å². The van der Waals surface area contributed by atoms with E-state index < -0.39 is 8.15 Å². The van der Waals surface area contributed by atoms with Crippen LogP contribution in [-0.2, 0) is 0 Å². The minimum atomic E-state index is -1.37. The molecule has 0 saturated heterocycles. The van der Waals surface area contributed by atoms with Gasteiger partial charge in [0.15, 0.2) is 0 Å². The molecule has 0 bridgehead atoms. The van der Waals surface area contributed by atoms with Gasteiger partial charge >= 0.3 is 0 Å². The molecule has 3 rings (SSSR count). The maximum Gasteiger partial charge on any atom is 0.0886 e. The molecule has 3 aromatic carbocycles. The van der Waals surface area contributed by atoms with Crippen molar-refractivity contribution in [3.63, 3.8) is 0 Å². The van der Waals surface area contributed by atoms with Gasteiger partial charge < -0.3 is 4.89 Å². The van der Waals surface area contributed by atoms with Crippen molar-refractivity contribution in [1.82, 2.24) is 0 Å². The smallest absolute Gasteiger partial charge is 0.0886 e. The fourth-order valence-corrected chi connectivity index (χ4v) is 4.54. The van der Waals surface area contributed by atoms with E-state index in [4.69, 9.17) is 0 Å². The molecule has 0 heterocycles. The van der Waals surface area contributed by atoms with Gasteiger partial charge in [-0.25, -0.2) is 0 Å². The van der Waals surface area contributed by atoms with Gasteiger partial charge in [-0.1, -0.05) is 92.7 Å². The molecule has 3 aromatic rings. The van der Waals surface area contributed by atoms with Crippen molar-refractivity contribution in [2.75, 3.05) is 0 Å². The predicted octanol–water partition coefficient (Wildman–Crippen LogP) is 4.82. The number of hydrogen-bond acceptors (Lipinski definition) is 1. The zero-order valence-corrected chi connectivity index (χ0v) is 14.4. The number of benzene rings is 3. The molecule has 1 nitrogen and oxygen atoms in total. The third kappa shape index (κ3) is 3.37. The Hall–Kier alpha value is -1.95. The highest BCUT2D eigenvalue weighted by Crippen LogP contribution is 2.35. The third-order valence-electron chi connectivity index (χ3n) is 4.00. The van der Waals surface area contributed by atoms with E-state index in [2.05, 4.69) is 44.2 Å². The zero-order valence-electron chi connectivity index (χ0n) is 13.5. The lowest BCUT2D eigenvalue weighted by Gasteiger charge is -2.20. The SMILES string of the molecule is CC(C)c1ccccc1P(O)c1ccccc1-c1ccccc1. The lowest BCUT2D eigenvalue weighted by atomic mass is 10.0. The minimum absolute atomic E-state index is 0.396. The summed E-state index contributed by atoms with van der Waals surface area (Å²) in [6.45, 7) is 4.34. The number of hydrogen-bond donors (Lipinski definition) is 1. The van der Waals surface area contributed by atoms with E-state index in [-0.39, 0.29) is 0 Å². The van der Waals surface area contributed by atoms with Crippen molar-refractivity contribution < 1.29 is 4.89 Å². The van der Waals surface area contributed by atoms with Crippen LogP contribution in [0.25, 0.3) is 11.1 Å². The molecule has 23 heavy (non-hydrogen) atoms. The summed E-state index contributed by atoms with van der Waals surface area (Å²) in [4.78, 5) is 11.1. The molecule has 0 fully saturated rings. The van der Waals surface area contributed by atoms with Crippen LogP contribution in [0.3, 0.4) is 0 Å². The lowest BCUT2D eigenvalue weighted by Crippen LogP contribution is -2.17. The normalized spacial score (nSPS) is 12.3. The summed E-state index contributed by atoms with van der Waals surface area (Å²) < 4.78 is 0. The van der Waals surface area contributed by atoms with Crippen LogP contribution in [0.1, 0.15) is 25.3 Å². The van der Waals surface area contributed by atoms with Crippen molar-refractivity contribution in [1.29, 1.82) is 0 Å². The van der Waals surface area contributed by atoms with Crippen LogP contribution >= 0.6 is 8.15 Å². The van der Waals surface area contributed by atoms with Crippen molar-refractivity contribution >= 4 is 18.8 Å². The van der Waals surface area contributed by atoms with E-state index >= 15 is 0 Å². The average Bonchev–Trinajstić information content (AvgIpc) is 2.62. The first-order valence-electron chi connectivity index (χ1n) is 7.91. The van der Waals surface area contributed by atoms with Crippen LogP contribution in [0.4, 0.5) is 0 Å². The van der Waals surface area contributed by atoms with Gasteiger partial charge in [0, 0.05) is 10.6 Å². The van der Waals surface area contributed by atoms with E-state index in [1.54, 1.807) is 0 Å². The first-order valence-corrected chi connectivity index (χ1v) is 9.20. The van der Waals surface area contributed by atoms with Crippen LogP contribution < -0.4 is 10.6 Å². The van der Waals surface area contributed by atoms with Crippen LogP contribution in [0.15, 0.2) is 78.9 Å². The number of rotatable bonds is 4. The molecular weight excluding hydrogens is 299 g/mol. The maximum atomic E-state index is 11.1. The summed E-state index contributed by atoms with van der Waals surface area (Å²) >= 11 is 0. The summed E-state index contributed by atoms with van der Waals surface area (Å²) in [5.74, 6) is 0.396. The Labute approximate surface area is 139 Å². The fraction of sp³-hybridized carbons (Fsp3) is 0.143. The van der Waals surface area contributed by atoms with E-state index in [1.807, 2.05) is 48.5 Å². The third-order valence-corrected chi connectivity index (χ3v) is 5.71. The highest BCUT2D eigenvalue weighted by atomic mass is 31.1. The van der Waals surface area contributed by atoms with Crippen LogP contribution in [0.2, 0.25) is 0 Å². The molecule has 0 aliphatic heterocycles. The predicted molar refractivity (Wildman–Crippen MR) is 101 cm³/mol. The Morgan fingerprint density at radius 1 is 0.696 bits per heavy atom. The van der Waals surface area contributed by atoms with Gasteiger partial charge in [0.25, 0.3) is 0 Å². The van der Waals surface area contributed by atoms with Gasteiger partial charge in [-0.3, -0.25) is 0 Å². The van der Waals surface area contributed by atoms with E-state index in [1.165, 1.54) is 5.56 Å². The van der Waals surface area contributed by atoms with E-state index in [0.29, 0.717) is 5.92 Å². The molecule has 2 heteroatoms. The molecular formula is C21H21OP. The highest BCUT2D eigenvalue weighted by molar-refractivity contribution is 7.68. The second-order valence-corrected chi connectivity index (χ2v) is 7.50. The zero-order chi connectivity index (χ0) is 16.2. The monoisotopic (exact) mass is 320 g/mol. The molecule has 1 unspecified atom stereocenters. The first kappa shape index (κ1) is 15.9. The molecule has 0 spiro atoms. The van der Waals surface area contributed by atoms with Crippen LogP contribution in [-0.4, -0.2) is 4.89 Å². The Morgan fingerprint density at radius 3 is 1.96 bits per heavy atom. The van der Waals surface area contributed by atoms with Gasteiger partial charge in [-0.2, -0.15) is 0 Å². The molecule has 0 amide bonds. The summed E-state index contributed by atoms with van der Waals surface area (Å²) in [5, 5.41) is 2.07. The maximum absolute atomic E-state index is 11.1. The lowest BCUT2D eigenvalue weighted by molar-refractivity contribution is 0.644. The highest BCUT2D eigenvalue weighted by Gasteiger charge is 2.19. The van der Waals surface area contributed by atoms with Gasteiger partial charge in [0.05, 0.1) is 8.15 Å². The van der Waals surface area contributed by atoms with Crippen molar-refractivity contribution in [3.05, 3.63) is 84.4 Å². The molecule has 0 aromatic heterocycles.